The Bertz CT molecular complexity index is 405. The van der Waals surface area contributed by atoms with E-state index in [0.29, 0.717) is 6.54 Å². The minimum Gasteiger partial charge on any atom is -0.480 e. The van der Waals surface area contributed by atoms with Gasteiger partial charge >= 0.3 is 5.97 Å². The van der Waals surface area contributed by atoms with Gasteiger partial charge in [0.2, 0.25) is 0 Å². The van der Waals surface area contributed by atoms with Gasteiger partial charge in [0.15, 0.2) is 0 Å². The van der Waals surface area contributed by atoms with Crippen LogP contribution in [0.4, 0.5) is 0 Å². The van der Waals surface area contributed by atoms with Crippen molar-refractivity contribution in [3.05, 3.63) is 30.1 Å². The summed E-state index contributed by atoms with van der Waals surface area (Å²) < 4.78 is 0. The normalized spacial score (nSPS) is 19.2. The molecule has 19 heavy (non-hydrogen) atoms. The smallest absolute Gasteiger partial charge is 0.317 e. The first-order valence-corrected chi connectivity index (χ1v) is 6.39. The van der Waals surface area contributed by atoms with E-state index in [-0.39, 0.29) is 6.54 Å². The number of piperazine rings is 1. The van der Waals surface area contributed by atoms with E-state index in [1.807, 2.05) is 17.0 Å². The third-order valence-electron chi connectivity index (χ3n) is 3.35. The zero-order chi connectivity index (χ0) is 13.7. The van der Waals surface area contributed by atoms with Crippen molar-refractivity contribution in [3.8, 4) is 0 Å². The molecule has 1 aromatic heterocycles. The van der Waals surface area contributed by atoms with Gasteiger partial charge in [0.25, 0.3) is 0 Å². The lowest BCUT2D eigenvalue weighted by Gasteiger charge is -2.34. The molecule has 1 fully saturated rings. The van der Waals surface area contributed by atoms with Gasteiger partial charge in [-0.25, -0.2) is 0 Å². The zero-order valence-electron chi connectivity index (χ0n) is 10.8. The Labute approximate surface area is 112 Å². The van der Waals surface area contributed by atoms with Gasteiger partial charge in [0.1, 0.15) is 0 Å². The molecule has 1 aliphatic rings. The minimum absolute atomic E-state index is 0.0980. The molecule has 1 aliphatic heterocycles. The van der Waals surface area contributed by atoms with Gasteiger partial charge in [-0.15, -0.1) is 0 Å². The summed E-state index contributed by atoms with van der Waals surface area (Å²) in [6.07, 6.45) is 2.82. The predicted octanol–water partition coefficient (Wildman–Crippen LogP) is -0.183. The van der Waals surface area contributed by atoms with Crippen molar-refractivity contribution in [3.63, 3.8) is 0 Å². The summed E-state index contributed by atoms with van der Waals surface area (Å²) in [6, 6.07) is 3.62. The number of carboxylic acids is 1. The summed E-state index contributed by atoms with van der Waals surface area (Å²) in [4.78, 5) is 18.6. The minimum atomic E-state index is -0.787. The largest absolute Gasteiger partial charge is 0.480 e. The molecular weight excluding hydrogens is 246 g/mol. The molecule has 0 bridgehead atoms. The van der Waals surface area contributed by atoms with E-state index < -0.39 is 12.1 Å². The van der Waals surface area contributed by atoms with Crippen molar-refractivity contribution in [1.29, 1.82) is 0 Å². The van der Waals surface area contributed by atoms with Crippen LogP contribution in [0, 0.1) is 0 Å². The molecule has 1 saturated heterocycles. The highest BCUT2D eigenvalue weighted by atomic mass is 16.4. The number of aliphatic carboxylic acids is 1. The van der Waals surface area contributed by atoms with E-state index in [1.54, 1.807) is 12.4 Å². The van der Waals surface area contributed by atoms with Gasteiger partial charge in [-0.3, -0.25) is 19.6 Å². The summed E-state index contributed by atoms with van der Waals surface area (Å²) >= 11 is 0. The highest BCUT2D eigenvalue weighted by molar-refractivity contribution is 5.69. The summed E-state index contributed by atoms with van der Waals surface area (Å²) in [5.41, 5.74) is 0.864. The fourth-order valence-electron chi connectivity index (χ4n) is 2.26. The molecule has 2 heterocycles. The lowest BCUT2D eigenvalue weighted by Crippen LogP contribution is -2.48. The third kappa shape index (κ3) is 4.27. The van der Waals surface area contributed by atoms with Gasteiger partial charge in [0.05, 0.1) is 12.6 Å². The Hall–Kier alpha value is -1.50. The summed E-state index contributed by atoms with van der Waals surface area (Å²) in [5, 5.41) is 18.8. The van der Waals surface area contributed by atoms with Gasteiger partial charge in [-0.1, -0.05) is 0 Å². The molecule has 0 saturated carbocycles. The molecule has 6 heteroatoms. The SMILES string of the molecule is O=C(O)CN1CCN(CC(O)c2ccncc2)CC1. The monoisotopic (exact) mass is 265 g/mol. The number of aliphatic hydroxyl groups is 1. The molecule has 2 N–H and O–H groups in total. The van der Waals surface area contributed by atoms with E-state index in [9.17, 15) is 9.90 Å². The topological polar surface area (TPSA) is 76.9 Å². The average Bonchev–Trinajstić information content (AvgIpc) is 2.41. The standard InChI is InChI=1S/C13H19N3O3/c17-12(11-1-3-14-4-2-11)9-15-5-7-16(8-6-15)10-13(18)19/h1-4,12,17H,5-10H2,(H,18,19). The third-order valence-corrected chi connectivity index (χ3v) is 3.35. The number of carboxylic acid groups (broad SMARTS) is 1. The number of aromatic nitrogens is 1. The highest BCUT2D eigenvalue weighted by Gasteiger charge is 2.20. The van der Waals surface area contributed by atoms with E-state index in [2.05, 4.69) is 9.88 Å². The van der Waals surface area contributed by atoms with Gasteiger partial charge in [-0.05, 0) is 17.7 Å². The molecular formula is C13H19N3O3. The van der Waals surface area contributed by atoms with E-state index in [1.165, 1.54) is 0 Å². The molecule has 1 atom stereocenters. The maximum absolute atomic E-state index is 10.6. The Kier molecular flexibility index (Phi) is 4.84. The van der Waals surface area contributed by atoms with Gasteiger partial charge in [-0.2, -0.15) is 0 Å². The van der Waals surface area contributed by atoms with Crippen LogP contribution in [0.15, 0.2) is 24.5 Å². The van der Waals surface area contributed by atoms with Crippen LogP contribution < -0.4 is 0 Å². The molecule has 104 valence electrons. The molecule has 0 spiro atoms. The van der Waals surface area contributed by atoms with E-state index >= 15 is 0 Å². The first-order valence-electron chi connectivity index (χ1n) is 6.39. The van der Waals surface area contributed by atoms with Crippen LogP contribution in [0.2, 0.25) is 0 Å². The van der Waals surface area contributed by atoms with Crippen LogP contribution in [0.5, 0.6) is 0 Å². The first kappa shape index (κ1) is 13.9. The number of rotatable bonds is 5. The van der Waals surface area contributed by atoms with Crippen molar-refractivity contribution in [2.45, 2.75) is 6.10 Å². The van der Waals surface area contributed by atoms with Crippen molar-refractivity contribution < 1.29 is 15.0 Å². The Balaban J connectivity index is 1.78. The fraction of sp³-hybridized carbons (Fsp3) is 0.538. The van der Waals surface area contributed by atoms with E-state index in [4.69, 9.17) is 5.11 Å². The summed E-state index contributed by atoms with van der Waals surface area (Å²) in [6.45, 7) is 3.71. The van der Waals surface area contributed by atoms with Crippen molar-refractivity contribution in [2.75, 3.05) is 39.3 Å². The lowest BCUT2D eigenvalue weighted by atomic mass is 10.1. The second-order valence-electron chi connectivity index (χ2n) is 4.77. The van der Waals surface area contributed by atoms with Crippen LogP contribution in [0.3, 0.4) is 0 Å². The maximum Gasteiger partial charge on any atom is 0.317 e. The molecule has 0 aromatic carbocycles. The average molecular weight is 265 g/mol. The first-order chi connectivity index (χ1) is 9.15. The number of hydrogen-bond acceptors (Lipinski definition) is 5. The molecule has 0 amide bonds. The maximum atomic E-state index is 10.6. The van der Waals surface area contributed by atoms with Crippen LogP contribution in [-0.4, -0.2) is 70.2 Å². The molecule has 6 nitrogen and oxygen atoms in total. The lowest BCUT2D eigenvalue weighted by molar-refractivity contribution is -0.138. The Morgan fingerprint density at radius 2 is 1.79 bits per heavy atom. The molecule has 0 aliphatic carbocycles. The number of pyridine rings is 1. The van der Waals surface area contributed by atoms with Crippen LogP contribution in [0.25, 0.3) is 0 Å². The van der Waals surface area contributed by atoms with Crippen LogP contribution in [-0.2, 0) is 4.79 Å². The molecule has 1 unspecified atom stereocenters. The van der Waals surface area contributed by atoms with Gasteiger partial charge in [0, 0.05) is 45.1 Å². The predicted molar refractivity (Wildman–Crippen MR) is 69.7 cm³/mol. The molecule has 0 radical (unpaired) electrons. The van der Waals surface area contributed by atoms with Crippen LogP contribution in [0.1, 0.15) is 11.7 Å². The Morgan fingerprint density at radius 3 is 2.37 bits per heavy atom. The number of carbonyl (C=O) groups is 1. The summed E-state index contributed by atoms with van der Waals surface area (Å²) in [5.74, 6) is -0.787. The summed E-state index contributed by atoms with van der Waals surface area (Å²) in [7, 11) is 0. The second-order valence-corrected chi connectivity index (χ2v) is 4.77. The molecule has 2 rings (SSSR count). The Morgan fingerprint density at radius 1 is 1.21 bits per heavy atom. The number of hydrogen-bond donors (Lipinski definition) is 2. The van der Waals surface area contributed by atoms with Crippen molar-refractivity contribution in [1.82, 2.24) is 14.8 Å². The zero-order valence-corrected chi connectivity index (χ0v) is 10.8. The number of aliphatic hydroxyl groups excluding tert-OH is 1. The van der Waals surface area contributed by atoms with E-state index in [0.717, 1.165) is 31.7 Å². The highest BCUT2D eigenvalue weighted by Crippen LogP contribution is 2.14. The quantitative estimate of drug-likeness (QED) is 0.769. The van der Waals surface area contributed by atoms with Crippen molar-refractivity contribution in [2.24, 2.45) is 0 Å². The van der Waals surface area contributed by atoms with Crippen molar-refractivity contribution >= 4 is 5.97 Å². The van der Waals surface area contributed by atoms with Gasteiger partial charge < -0.3 is 10.2 Å². The van der Waals surface area contributed by atoms with Crippen LogP contribution >= 0.6 is 0 Å². The molecule has 1 aromatic rings. The fourth-order valence-corrected chi connectivity index (χ4v) is 2.26. The number of nitrogens with zero attached hydrogens (tertiary/aromatic N) is 3. The number of β-amino-alcohol motifs (C(OH)–C–C–N with tert-alkyl or cyclic N) is 1. The second kappa shape index (κ2) is 6.60.